The molecule has 0 bridgehead atoms. The van der Waals surface area contributed by atoms with Crippen LogP contribution in [0.4, 0.5) is 0 Å². The van der Waals surface area contributed by atoms with Crippen LogP contribution in [0.3, 0.4) is 0 Å². The lowest BCUT2D eigenvalue weighted by Gasteiger charge is -2.43. The summed E-state index contributed by atoms with van der Waals surface area (Å²) in [5.74, 6) is -1.68. The molecule has 1 fully saturated rings. The SMILES string of the molecule is CCCCC/C=C\C/C=C\C/C=C\C=C\C(=O)CCCC(=O)OC[C@H](COP(=O)(O)O[C@H]1C(O)C(O)C(O)[C@@H](OP(=O)(O)O)C1O)OC(=O)CCCCCCC/C=C\CCCCCC. The van der Waals surface area contributed by atoms with Crippen molar-refractivity contribution in [3.05, 3.63) is 60.8 Å². The van der Waals surface area contributed by atoms with E-state index >= 15 is 0 Å². The van der Waals surface area contributed by atoms with Gasteiger partial charge in [0.05, 0.1) is 6.61 Å². The number of allylic oxidation sites excluding steroid dienone is 10. The highest BCUT2D eigenvalue weighted by Crippen LogP contribution is 2.49. The first-order chi connectivity index (χ1) is 30.5. The van der Waals surface area contributed by atoms with E-state index in [-0.39, 0.29) is 31.5 Å². The Kier molecular flexibility index (Phi) is 33.0. The first-order valence-corrected chi connectivity index (χ1v) is 25.8. The number of hydrogen-bond acceptors (Lipinski definition) is 14. The van der Waals surface area contributed by atoms with E-state index in [4.69, 9.17) is 28.3 Å². The van der Waals surface area contributed by atoms with Gasteiger partial charge in [0.1, 0.15) is 43.2 Å². The van der Waals surface area contributed by atoms with Crippen LogP contribution >= 0.6 is 15.6 Å². The van der Waals surface area contributed by atoms with Crippen LogP contribution in [-0.4, -0.2) is 109 Å². The van der Waals surface area contributed by atoms with Crippen molar-refractivity contribution in [1.29, 1.82) is 0 Å². The van der Waals surface area contributed by atoms with E-state index in [0.717, 1.165) is 57.8 Å². The van der Waals surface area contributed by atoms with Gasteiger partial charge in [-0.3, -0.25) is 28.0 Å². The molecule has 0 aliphatic heterocycles. The molecule has 0 spiro atoms. The molecule has 0 aromatic carbocycles. The molecule has 19 heteroatoms. The maximum atomic E-state index is 13.0. The van der Waals surface area contributed by atoms with Crippen LogP contribution in [0.2, 0.25) is 0 Å². The maximum Gasteiger partial charge on any atom is 0.472 e. The molecule has 17 nitrogen and oxygen atoms in total. The Labute approximate surface area is 379 Å². The standard InChI is InChI=1S/C45H76O17P2/c1-3-5-7-9-11-13-15-17-19-21-23-25-27-30-36(46)31-29-33-38(47)58-34-37(60-39(48)32-28-26-24-22-20-18-16-14-12-10-8-6-4-2)35-59-64(56,57)62-45-42(51)40(49)41(50)44(43(45)52)61-63(53,54)55/h11,13-14,16-17,19,23,25,27,30,37,40-45,49-52H,3-10,12,15,18,20-22,24,26,28-29,31-35H2,1-2H3,(H,56,57)(H2,53,54,55)/b13-11-,16-14-,19-17-,25-23-,30-27+/t37-,40?,41?,42?,43?,44-,45+/m1/s1. The van der Waals surface area contributed by atoms with E-state index in [9.17, 15) is 48.8 Å². The molecule has 1 saturated carbocycles. The van der Waals surface area contributed by atoms with Crippen molar-refractivity contribution >= 4 is 33.4 Å². The number of aliphatic hydroxyl groups is 4. The minimum absolute atomic E-state index is 0.0185. The first kappa shape index (κ1) is 59.4. The van der Waals surface area contributed by atoms with Gasteiger partial charge in [-0.15, -0.1) is 0 Å². The van der Waals surface area contributed by atoms with Crippen LogP contribution in [0.1, 0.15) is 149 Å². The number of esters is 2. The average Bonchev–Trinajstić information content (AvgIpc) is 3.24. The lowest BCUT2D eigenvalue weighted by molar-refractivity contribution is -0.216. The van der Waals surface area contributed by atoms with Gasteiger partial charge in [0.2, 0.25) is 0 Å². The van der Waals surface area contributed by atoms with Crippen molar-refractivity contribution < 1.29 is 81.7 Å². The number of carbonyl (C=O) groups excluding carboxylic acids is 3. The smallest absolute Gasteiger partial charge is 0.462 e. The fourth-order valence-electron chi connectivity index (χ4n) is 6.44. The van der Waals surface area contributed by atoms with Crippen LogP contribution in [0.25, 0.3) is 0 Å². The Bertz CT molecular complexity index is 1540. The number of ketones is 1. The van der Waals surface area contributed by atoms with Gasteiger partial charge in [0.25, 0.3) is 0 Å². The summed E-state index contributed by atoms with van der Waals surface area (Å²) < 4.78 is 49.1. The zero-order valence-electron chi connectivity index (χ0n) is 37.7. The molecule has 0 radical (unpaired) electrons. The van der Waals surface area contributed by atoms with Gasteiger partial charge >= 0.3 is 27.6 Å². The summed E-state index contributed by atoms with van der Waals surface area (Å²) >= 11 is 0. The Morgan fingerprint density at radius 2 is 1.06 bits per heavy atom. The number of phosphoric acid groups is 2. The summed E-state index contributed by atoms with van der Waals surface area (Å²) in [6.45, 7) is 2.83. The average molecular weight is 951 g/mol. The second-order valence-electron chi connectivity index (χ2n) is 15.8. The van der Waals surface area contributed by atoms with Crippen LogP contribution in [-0.2, 0) is 46.6 Å². The summed E-state index contributed by atoms with van der Waals surface area (Å²) in [5, 5.41) is 41.2. The summed E-state index contributed by atoms with van der Waals surface area (Å²) in [4.78, 5) is 66.4. The number of aliphatic hydroxyl groups excluding tert-OH is 4. The van der Waals surface area contributed by atoms with E-state index in [1.165, 1.54) is 51.0 Å². The molecule has 1 rings (SSSR count). The summed E-state index contributed by atoms with van der Waals surface area (Å²) in [7, 11) is -10.8. The largest absolute Gasteiger partial charge is 0.472 e. The Morgan fingerprint density at radius 3 is 1.70 bits per heavy atom. The molecule has 5 unspecified atom stereocenters. The molecule has 7 N–H and O–H groups in total. The molecular weight excluding hydrogens is 874 g/mol. The van der Waals surface area contributed by atoms with Crippen molar-refractivity contribution in [3.63, 3.8) is 0 Å². The molecule has 368 valence electrons. The van der Waals surface area contributed by atoms with E-state index in [2.05, 4.69) is 48.8 Å². The van der Waals surface area contributed by atoms with Crippen molar-refractivity contribution in [3.8, 4) is 0 Å². The monoisotopic (exact) mass is 950 g/mol. The van der Waals surface area contributed by atoms with Crippen molar-refractivity contribution in [2.45, 2.75) is 191 Å². The molecule has 0 aromatic heterocycles. The lowest BCUT2D eigenvalue weighted by Crippen LogP contribution is -2.64. The van der Waals surface area contributed by atoms with Gasteiger partial charge in [0.15, 0.2) is 11.9 Å². The van der Waals surface area contributed by atoms with Crippen molar-refractivity contribution in [2.75, 3.05) is 13.2 Å². The molecule has 8 atom stereocenters. The van der Waals surface area contributed by atoms with Crippen LogP contribution in [0.15, 0.2) is 60.8 Å². The van der Waals surface area contributed by atoms with Gasteiger partial charge in [-0.05, 0) is 70.3 Å². The second-order valence-corrected chi connectivity index (χ2v) is 18.4. The van der Waals surface area contributed by atoms with E-state index in [0.29, 0.717) is 6.42 Å². The quantitative estimate of drug-likeness (QED) is 0.00795. The van der Waals surface area contributed by atoms with E-state index in [1.807, 2.05) is 12.2 Å². The third-order valence-electron chi connectivity index (χ3n) is 10.0. The van der Waals surface area contributed by atoms with Crippen molar-refractivity contribution in [2.24, 2.45) is 0 Å². The van der Waals surface area contributed by atoms with E-state index < -0.39 is 83.5 Å². The predicted molar refractivity (Wildman–Crippen MR) is 241 cm³/mol. The van der Waals surface area contributed by atoms with E-state index in [1.54, 1.807) is 12.2 Å². The fraction of sp³-hybridized carbons (Fsp3) is 0.711. The molecule has 1 aliphatic rings. The molecular formula is C45H76O17P2. The minimum atomic E-state index is -5.39. The van der Waals surface area contributed by atoms with Gasteiger partial charge < -0.3 is 44.6 Å². The molecule has 0 saturated heterocycles. The minimum Gasteiger partial charge on any atom is -0.462 e. The van der Waals surface area contributed by atoms with Gasteiger partial charge in [0, 0.05) is 19.3 Å². The van der Waals surface area contributed by atoms with Gasteiger partial charge in [-0.1, -0.05) is 120 Å². The van der Waals surface area contributed by atoms with Crippen LogP contribution in [0, 0.1) is 0 Å². The Hall–Kier alpha value is -2.63. The molecule has 0 heterocycles. The number of phosphoric ester groups is 2. The number of carbonyl (C=O) groups is 3. The predicted octanol–water partition coefficient (Wildman–Crippen LogP) is 7.46. The van der Waals surface area contributed by atoms with Crippen molar-refractivity contribution in [1.82, 2.24) is 0 Å². The molecule has 1 aliphatic carbocycles. The zero-order chi connectivity index (χ0) is 47.6. The third-order valence-corrected chi connectivity index (χ3v) is 11.5. The third kappa shape index (κ3) is 29.8. The number of unbranched alkanes of at least 4 members (excludes halogenated alkanes) is 12. The Balaban J connectivity index is 2.71. The highest BCUT2D eigenvalue weighted by molar-refractivity contribution is 7.47. The highest BCUT2D eigenvalue weighted by Gasteiger charge is 2.54. The summed E-state index contributed by atoms with van der Waals surface area (Å²) in [6, 6.07) is 0. The topological polar surface area (TPSA) is 273 Å². The first-order valence-electron chi connectivity index (χ1n) is 22.8. The summed E-state index contributed by atoms with van der Waals surface area (Å²) in [6.07, 6.45) is 21.9. The van der Waals surface area contributed by atoms with Crippen LogP contribution < -0.4 is 0 Å². The molecule has 0 aromatic rings. The zero-order valence-corrected chi connectivity index (χ0v) is 39.5. The lowest BCUT2D eigenvalue weighted by atomic mass is 9.85. The van der Waals surface area contributed by atoms with Gasteiger partial charge in [-0.25, -0.2) is 9.13 Å². The number of hydrogen-bond donors (Lipinski definition) is 7. The molecule has 0 amide bonds. The number of ether oxygens (including phenoxy) is 2. The molecule has 64 heavy (non-hydrogen) atoms. The normalized spacial score (nSPS) is 22.3. The van der Waals surface area contributed by atoms with Crippen LogP contribution in [0.5, 0.6) is 0 Å². The second kappa shape index (κ2) is 35.5. The highest BCUT2D eigenvalue weighted by atomic mass is 31.2. The van der Waals surface area contributed by atoms with Gasteiger partial charge in [-0.2, -0.15) is 0 Å². The summed E-state index contributed by atoms with van der Waals surface area (Å²) in [5.41, 5.74) is 0. The maximum absolute atomic E-state index is 13.0. The number of rotatable bonds is 37. The fourth-order valence-corrected chi connectivity index (χ4v) is 7.98. The Morgan fingerprint density at radius 1 is 0.547 bits per heavy atom.